The average molecular weight is 408 g/mol. The SMILES string of the molecule is CCNC(=NCC(O)c1ccncc1)NC1CC2CCC(C1)N2Cc1ccccc1. The molecule has 2 aromatic rings. The smallest absolute Gasteiger partial charge is 0.191 e. The van der Waals surface area contributed by atoms with Gasteiger partial charge in [-0.05, 0) is 55.9 Å². The summed E-state index contributed by atoms with van der Waals surface area (Å²) in [4.78, 5) is 11.4. The summed E-state index contributed by atoms with van der Waals surface area (Å²) in [5.41, 5.74) is 2.25. The Kier molecular flexibility index (Phi) is 6.97. The quantitative estimate of drug-likeness (QED) is 0.486. The van der Waals surface area contributed by atoms with E-state index in [0.717, 1.165) is 37.5 Å². The van der Waals surface area contributed by atoms with E-state index in [2.05, 4.69) is 62.8 Å². The number of hydrogen-bond donors (Lipinski definition) is 3. The number of hydrogen-bond acceptors (Lipinski definition) is 4. The number of rotatable bonds is 7. The van der Waals surface area contributed by atoms with Gasteiger partial charge < -0.3 is 15.7 Å². The maximum absolute atomic E-state index is 10.4. The summed E-state index contributed by atoms with van der Waals surface area (Å²) in [6, 6.07) is 16.2. The normalized spacial score (nSPS) is 25.1. The Morgan fingerprint density at radius 2 is 1.83 bits per heavy atom. The van der Waals surface area contributed by atoms with Gasteiger partial charge in [-0.2, -0.15) is 0 Å². The molecule has 30 heavy (non-hydrogen) atoms. The number of aliphatic hydroxyl groups is 1. The molecule has 160 valence electrons. The van der Waals surface area contributed by atoms with Gasteiger partial charge in [0.2, 0.25) is 0 Å². The van der Waals surface area contributed by atoms with Crippen LogP contribution in [-0.2, 0) is 6.54 Å². The second kappa shape index (κ2) is 10.0. The Morgan fingerprint density at radius 1 is 1.13 bits per heavy atom. The molecule has 2 aliphatic heterocycles. The van der Waals surface area contributed by atoms with Crippen LogP contribution >= 0.6 is 0 Å². The fraction of sp³-hybridized carbons (Fsp3) is 0.500. The molecular formula is C24H33N5O. The van der Waals surface area contributed by atoms with Crippen molar-refractivity contribution >= 4 is 5.96 Å². The topological polar surface area (TPSA) is 72.8 Å². The van der Waals surface area contributed by atoms with Crippen molar-refractivity contribution in [2.45, 2.75) is 63.4 Å². The van der Waals surface area contributed by atoms with Gasteiger partial charge in [-0.15, -0.1) is 0 Å². The van der Waals surface area contributed by atoms with Crippen molar-refractivity contribution in [3.05, 3.63) is 66.0 Å². The van der Waals surface area contributed by atoms with Crippen LogP contribution in [0.1, 0.15) is 49.8 Å². The van der Waals surface area contributed by atoms with Crippen molar-refractivity contribution in [3.8, 4) is 0 Å². The zero-order chi connectivity index (χ0) is 20.8. The number of aliphatic imine (C=N–C) groups is 1. The molecule has 0 saturated carbocycles. The molecule has 4 rings (SSSR count). The summed E-state index contributed by atoms with van der Waals surface area (Å²) in [6.45, 7) is 4.26. The molecule has 2 saturated heterocycles. The van der Waals surface area contributed by atoms with Crippen LogP contribution in [0.5, 0.6) is 0 Å². The molecular weight excluding hydrogens is 374 g/mol. The lowest BCUT2D eigenvalue weighted by Crippen LogP contribution is -2.52. The van der Waals surface area contributed by atoms with Crippen LogP contribution in [0.15, 0.2) is 59.9 Å². The van der Waals surface area contributed by atoms with E-state index in [1.807, 2.05) is 12.1 Å². The van der Waals surface area contributed by atoms with Gasteiger partial charge in [0.15, 0.2) is 5.96 Å². The maximum atomic E-state index is 10.4. The molecule has 6 heteroatoms. The van der Waals surface area contributed by atoms with Gasteiger partial charge >= 0.3 is 0 Å². The minimum atomic E-state index is -0.618. The second-order valence-electron chi connectivity index (χ2n) is 8.37. The first-order valence-electron chi connectivity index (χ1n) is 11.2. The first kappa shape index (κ1) is 20.8. The minimum absolute atomic E-state index is 0.332. The highest BCUT2D eigenvalue weighted by molar-refractivity contribution is 5.80. The number of guanidine groups is 1. The first-order valence-corrected chi connectivity index (χ1v) is 11.2. The number of fused-ring (bicyclic) bond motifs is 2. The molecule has 6 nitrogen and oxygen atoms in total. The van der Waals surface area contributed by atoms with Crippen LogP contribution in [0, 0.1) is 0 Å². The predicted octanol–water partition coefficient (Wildman–Crippen LogP) is 2.87. The van der Waals surface area contributed by atoms with E-state index in [1.54, 1.807) is 12.4 Å². The van der Waals surface area contributed by atoms with Gasteiger partial charge in [0, 0.05) is 43.6 Å². The van der Waals surface area contributed by atoms with Gasteiger partial charge in [-0.3, -0.25) is 14.9 Å². The molecule has 1 aromatic heterocycles. The van der Waals surface area contributed by atoms with Crippen LogP contribution in [0.2, 0.25) is 0 Å². The van der Waals surface area contributed by atoms with Crippen molar-refractivity contribution < 1.29 is 5.11 Å². The summed E-state index contributed by atoms with van der Waals surface area (Å²) in [6.07, 6.45) is 7.62. The van der Waals surface area contributed by atoms with E-state index >= 15 is 0 Å². The Balaban J connectivity index is 1.34. The molecule has 0 radical (unpaired) electrons. The Hall–Kier alpha value is -2.44. The highest BCUT2D eigenvalue weighted by atomic mass is 16.3. The third-order valence-electron chi connectivity index (χ3n) is 6.29. The van der Waals surface area contributed by atoms with Crippen molar-refractivity contribution in [2.75, 3.05) is 13.1 Å². The summed E-state index contributed by atoms with van der Waals surface area (Å²) in [5, 5.41) is 17.4. The fourth-order valence-corrected chi connectivity index (χ4v) is 4.83. The fourth-order valence-electron chi connectivity index (χ4n) is 4.83. The second-order valence-corrected chi connectivity index (χ2v) is 8.37. The van der Waals surface area contributed by atoms with Crippen molar-refractivity contribution in [3.63, 3.8) is 0 Å². The van der Waals surface area contributed by atoms with E-state index < -0.39 is 6.10 Å². The van der Waals surface area contributed by atoms with Crippen LogP contribution in [0.25, 0.3) is 0 Å². The molecule has 3 heterocycles. The molecule has 3 unspecified atom stereocenters. The van der Waals surface area contributed by atoms with Gasteiger partial charge in [0.1, 0.15) is 0 Å². The van der Waals surface area contributed by atoms with Crippen molar-refractivity contribution in [1.29, 1.82) is 0 Å². The monoisotopic (exact) mass is 407 g/mol. The molecule has 1 aromatic carbocycles. The maximum Gasteiger partial charge on any atom is 0.191 e. The first-order chi connectivity index (χ1) is 14.7. The number of nitrogens with one attached hydrogen (secondary N) is 2. The van der Waals surface area contributed by atoms with Crippen molar-refractivity contribution in [2.24, 2.45) is 4.99 Å². The molecule has 0 spiro atoms. The Bertz CT molecular complexity index is 799. The largest absolute Gasteiger partial charge is 0.386 e. The summed E-state index contributed by atoms with van der Waals surface area (Å²) < 4.78 is 0. The van der Waals surface area contributed by atoms with Crippen molar-refractivity contribution in [1.82, 2.24) is 20.5 Å². The van der Waals surface area contributed by atoms with Crippen LogP contribution in [0.4, 0.5) is 0 Å². The van der Waals surface area contributed by atoms with E-state index in [4.69, 9.17) is 0 Å². The lowest BCUT2D eigenvalue weighted by molar-refractivity contribution is 0.114. The molecule has 0 amide bonds. The molecule has 2 aliphatic rings. The van der Waals surface area contributed by atoms with Gasteiger partial charge in [0.25, 0.3) is 0 Å². The van der Waals surface area contributed by atoms with Gasteiger partial charge in [-0.25, -0.2) is 0 Å². The molecule has 0 aliphatic carbocycles. The van der Waals surface area contributed by atoms with E-state index in [1.165, 1.54) is 18.4 Å². The van der Waals surface area contributed by atoms with E-state index in [-0.39, 0.29) is 0 Å². The lowest BCUT2D eigenvalue weighted by atomic mass is 9.96. The van der Waals surface area contributed by atoms with Gasteiger partial charge in [0.05, 0.1) is 12.6 Å². The van der Waals surface area contributed by atoms with E-state index in [9.17, 15) is 5.11 Å². The third kappa shape index (κ3) is 5.18. The zero-order valence-electron chi connectivity index (χ0n) is 17.7. The minimum Gasteiger partial charge on any atom is -0.386 e. The summed E-state index contributed by atoms with van der Waals surface area (Å²) >= 11 is 0. The number of aliphatic hydroxyl groups excluding tert-OH is 1. The molecule has 3 N–H and O–H groups in total. The zero-order valence-corrected chi connectivity index (χ0v) is 17.7. The molecule has 2 fully saturated rings. The van der Waals surface area contributed by atoms with E-state index in [0.29, 0.717) is 24.7 Å². The Labute approximate surface area is 179 Å². The number of aromatic nitrogens is 1. The highest BCUT2D eigenvalue weighted by Gasteiger charge is 2.40. The van der Waals surface area contributed by atoms with Gasteiger partial charge in [-0.1, -0.05) is 30.3 Å². The highest BCUT2D eigenvalue weighted by Crippen LogP contribution is 2.36. The Morgan fingerprint density at radius 3 is 2.50 bits per heavy atom. The van der Waals surface area contributed by atoms with Crippen LogP contribution in [0.3, 0.4) is 0 Å². The number of pyridine rings is 1. The van der Waals surface area contributed by atoms with Crippen LogP contribution < -0.4 is 10.6 Å². The predicted molar refractivity (Wildman–Crippen MR) is 120 cm³/mol. The third-order valence-corrected chi connectivity index (χ3v) is 6.29. The van der Waals surface area contributed by atoms with Crippen LogP contribution in [-0.4, -0.2) is 52.2 Å². The summed E-state index contributed by atoms with van der Waals surface area (Å²) in [5.74, 6) is 0.798. The lowest BCUT2D eigenvalue weighted by Gasteiger charge is -2.39. The standard InChI is InChI=1S/C24H33N5O/c1-2-26-24(27-16-23(30)19-10-12-25-13-11-19)28-20-14-21-8-9-22(15-20)29(21)17-18-6-4-3-5-7-18/h3-7,10-13,20-23,30H,2,8-9,14-17H2,1H3,(H2,26,27,28). The number of nitrogens with zero attached hydrogens (tertiary/aromatic N) is 3. The number of piperidine rings is 1. The summed E-state index contributed by atoms with van der Waals surface area (Å²) in [7, 11) is 0. The molecule has 3 atom stereocenters. The number of benzene rings is 1. The average Bonchev–Trinajstić information content (AvgIpc) is 3.01. The molecule has 2 bridgehead atoms.